The largest absolute Gasteiger partial charge is 0.347 e. The van der Waals surface area contributed by atoms with Gasteiger partial charge in [0.1, 0.15) is 0 Å². The maximum Gasteiger partial charge on any atom is 0.243 e. The lowest BCUT2D eigenvalue weighted by Crippen LogP contribution is -2.33. The van der Waals surface area contributed by atoms with Gasteiger partial charge in [-0.25, -0.2) is 4.98 Å². The molecule has 0 saturated carbocycles. The maximum atomic E-state index is 12.0. The van der Waals surface area contributed by atoms with Gasteiger partial charge in [0.15, 0.2) is 0 Å². The number of aryl methyl sites for hydroxylation is 2. The monoisotopic (exact) mass is 431 g/mol. The molecule has 0 fully saturated rings. The molecule has 1 aromatic heterocycles. The summed E-state index contributed by atoms with van der Waals surface area (Å²) in [6, 6.07) is 13.5. The topological polar surface area (TPSA) is 71.1 Å². The highest BCUT2D eigenvalue weighted by Crippen LogP contribution is 2.22. The van der Waals surface area contributed by atoms with Crippen molar-refractivity contribution in [2.24, 2.45) is 0 Å². The highest BCUT2D eigenvalue weighted by molar-refractivity contribution is 9.10. The van der Waals surface area contributed by atoms with E-state index in [1.54, 1.807) is 11.3 Å². The highest BCUT2D eigenvalue weighted by atomic mass is 79.9. The van der Waals surface area contributed by atoms with Crippen molar-refractivity contribution in [3.05, 3.63) is 57.5 Å². The summed E-state index contributed by atoms with van der Waals surface area (Å²) in [6.07, 6.45) is 0.878. The number of hydrogen-bond acceptors (Lipinski definition) is 4. The minimum Gasteiger partial charge on any atom is -0.347 e. The summed E-state index contributed by atoms with van der Waals surface area (Å²) in [5, 5.41) is 6.38. The third-order valence-corrected chi connectivity index (χ3v) is 5.40. The first kappa shape index (κ1) is 18.5. The molecule has 0 saturated heterocycles. The second kappa shape index (κ2) is 8.42. The van der Waals surface area contributed by atoms with Crippen molar-refractivity contribution in [3.8, 4) is 0 Å². The first-order valence-corrected chi connectivity index (χ1v) is 9.79. The summed E-state index contributed by atoms with van der Waals surface area (Å²) in [4.78, 5) is 28.5. The molecule has 0 aliphatic rings. The summed E-state index contributed by atoms with van der Waals surface area (Å²) in [5.74, 6) is -0.407. The molecule has 0 aliphatic carbocycles. The van der Waals surface area contributed by atoms with Crippen LogP contribution < -0.4 is 10.6 Å². The molecule has 26 heavy (non-hydrogen) atoms. The van der Waals surface area contributed by atoms with Gasteiger partial charge in [-0.15, -0.1) is 11.3 Å². The van der Waals surface area contributed by atoms with Gasteiger partial charge in [-0.05, 0) is 42.8 Å². The van der Waals surface area contributed by atoms with Crippen LogP contribution >= 0.6 is 27.3 Å². The minimum atomic E-state index is -0.247. The Labute approximate surface area is 164 Å². The Bertz CT molecular complexity index is 922. The molecule has 0 unspecified atom stereocenters. The van der Waals surface area contributed by atoms with Gasteiger partial charge >= 0.3 is 0 Å². The lowest BCUT2D eigenvalue weighted by molar-refractivity contribution is -0.124. The predicted octanol–water partition coefficient (Wildman–Crippen LogP) is 4.05. The van der Waals surface area contributed by atoms with Crippen LogP contribution in [0.1, 0.15) is 17.0 Å². The van der Waals surface area contributed by atoms with E-state index in [-0.39, 0.29) is 18.4 Å². The van der Waals surface area contributed by atoms with Crippen molar-refractivity contribution in [3.63, 3.8) is 0 Å². The van der Waals surface area contributed by atoms with Crippen LogP contribution in [0.3, 0.4) is 0 Å². The second-order valence-electron chi connectivity index (χ2n) is 5.86. The zero-order chi connectivity index (χ0) is 18.5. The lowest BCUT2D eigenvalue weighted by Gasteiger charge is -2.09. The predicted molar refractivity (Wildman–Crippen MR) is 108 cm³/mol. The van der Waals surface area contributed by atoms with Gasteiger partial charge in [0.05, 0.1) is 21.8 Å². The number of aromatic nitrogens is 1. The molecule has 2 amide bonds. The van der Waals surface area contributed by atoms with Crippen LogP contribution in [-0.4, -0.2) is 23.3 Å². The number of benzene rings is 2. The van der Waals surface area contributed by atoms with Crippen LogP contribution in [0.15, 0.2) is 46.9 Å². The van der Waals surface area contributed by atoms with Gasteiger partial charge < -0.3 is 10.6 Å². The van der Waals surface area contributed by atoms with E-state index in [9.17, 15) is 9.59 Å². The van der Waals surface area contributed by atoms with E-state index < -0.39 is 0 Å². The number of amides is 2. The number of para-hydroxylation sites is 1. The average Bonchev–Trinajstić information content (AvgIpc) is 3.03. The molecule has 3 aromatic rings. The van der Waals surface area contributed by atoms with Crippen molar-refractivity contribution in [1.82, 2.24) is 10.3 Å². The molecular formula is C19H18BrN3O2S. The van der Waals surface area contributed by atoms with E-state index in [1.165, 1.54) is 0 Å². The molecule has 0 bridgehead atoms. The number of fused-ring (bicyclic) bond motifs is 1. The Morgan fingerprint density at radius 1 is 1.15 bits per heavy atom. The Kier molecular flexibility index (Phi) is 6.00. The number of anilines is 1. The number of halogens is 1. The van der Waals surface area contributed by atoms with Crippen LogP contribution in [0, 0.1) is 6.92 Å². The van der Waals surface area contributed by atoms with Gasteiger partial charge in [0.25, 0.3) is 0 Å². The Morgan fingerprint density at radius 2 is 1.96 bits per heavy atom. The number of nitrogens with zero attached hydrogens (tertiary/aromatic N) is 1. The van der Waals surface area contributed by atoms with Crippen molar-refractivity contribution in [2.75, 3.05) is 11.9 Å². The fourth-order valence-corrected chi connectivity index (χ4v) is 3.92. The van der Waals surface area contributed by atoms with Crippen molar-refractivity contribution in [2.45, 2.75) is 19.8 Å². The second-order valence-corrected chi connectivity index (χ2v) is 7.89. The smallest absolute Gasteiger partial charge is 0.243 e. The zero-order valence-electron chi connectivity index (χ0n) is 14.2. The molecule has 7 heteroatoms. The fraction of sp³-hybridized carbons (Fsp3) is 0.211. The first-order valence-electron chi connectivity index (χ1n) is 8.18. The van der Waals surface area contributed by atoms with Crippen LogP contribution in [0.25, 0.3) is 10.2 Å². The summed E-state index contributed by atoms with van der Waals surface area (Å²) < 4.78 is 2.07. The van der Waals surface area contributed by atoms with Gasteiger partial charge in [-0.3, -0.25) is 9.59 Å². The highest BCUT2D eigenvalue weighted by Gasteiger charge is 2.09. The van der Waals surface area contributed by atoms with E-state index in [2.05, 4.69) is 31.5 Å². The summed E-state index contributed by atoms with van der Waals surface area (Å²) in [5.41, 5.74) is 2.65. The van der Waals surface area contributed by atoms with E-state index >= 15 is 0 Å². The number of carbonyl (C=O) groups excluding carboxylic acids is 2. The SMILES string of the molecule is Cc1cc(Br)ccc1NC(=O)CNC(=O)CCc1nc2ccccc2s1. The first-order chi connectivity index (χ1) is 12.5. The third-order valence-electron chi connectivity index (χ3n) is 3.81. The molecule has 5 nitrogen and oxygen atoms in total. The van der Waals surface area contributed by atoms with Crippen LogP contribution in [0.5, 0.6) is 0 Å². The van der Waals surface area contributed by atoms with E-state index in [1.807, 2.05) is 49.4 Å². The standard InChI is InChI=1S/C19H18BrN3O2S/c1-12-10-13(20)6-7-14(12)22-18(25)11-21-17(24)8-9-19-23-15-4-2-3-5-16(15)26-19/h2-7,10H,8-9,11H2,1H3,(H,21,24)(H,22,25). The zero-order valence-corrected chi connectivity index (χ0v) is 16.6. The number of hydrogen-bond donors (Lipinski definition) is 2. The Balaban J connectivity index is 1.45. The van der Waals surface area contributed by atoms with Crippen molar-refractivity contribution in [1.29, 1.82) is 0 Å². The van der Waals surface area contributed by atoms with Gasteiger partial charge in [-0.1, -0.05) is 28.1 Å². The normalized spacial score (nSPS) is 10.7. The van der Waals surface area contributed by atoms with Crippen molar-refractivity contribution < 1.29 is 9.59 Å². The Morgan fingerprint density at radius 3 is 2.73 bits per heavy atom. The molecule has 2 N–H and O–H groups in total. The van der Waals surface area contributed by atoms with Crippen LogP contribution in [-0.2, 0) is 16.0 Å². The molecule has 0 atom stereocenters. The molecule has 3 rings (SSSR count). The maximum absolute atomic E-state index is 12.0. The minimum absolute atomic E-state index is 0.0474. The number of carbonyl (C=O) groups is 2. The van der Waals surface area contributed by atoms with E-state index in [4.69, 9.17) is 0 Å². The number of thiazole rings is 1. The number of rotatable bonds is 6. The average molecular weight is 432 g/mol. The van der Waals surface area contributed by atoms with Crippen LogP contribution in [0.2, 0.25) is 0 Å². The van der Waals surface area contributed by atoms with Crippen LogP contribution in [0.4, 0.5) is 5.69 Å². The molecule has 0 radical (unpaired) electrons. The summed E-state index contributed by atoms with van der Waals surface area (Å²) in [7, 11) is 0. The summed E-state index contributed by atoms with van der Waals surface area (Å²) in [6.45, 7) is 1.87. The molecule has 1 heterocycles. The summed E-state index contributed by atoms with van der Waals surface area (Å²) >= 11 is 4.98. The quantitative estimate of drug-likeness (QED) is 0.617. The van der Waals surface area contributed by atoms with E-state index in [0.29, 0.717) is 12.8 Å². The van der Waals surface area contributed by atoms with Gasteiger partial charge in [0, 0.05) is 23.0 Å². The van der Waals surface area contributed by atoms with Gasteiger partial charge in [0.2, 0.25) is 11.8 Å². The van der Waals surface area contributed by atoms with E-state index in [0.717, 1.165) is 30.9 Å². The Hall–Kier alpha value is -2.25. The third kappa shape index (κ3) is 4.89. The molecule has 0 spiro atoms. The molecule has 134 valence electrons. The number of nitrogens with one attached hydrogen (secondary N) is 2. The molecular weight excluding hydrogens is 414 g/mol. The fourth-order valence-electron chi connectivity index (χ4n) is 2.48. The lowest BCUT2D eigenvalue weighted by atomic mass is 10.2. The molecule has 0 aliphatic heterocycles. The molecule has 2 aromatic carbocycles. The van der Waals surface area contributed by atoms with Gasteiger partial charge in [-0.2, -0.15) is 0 Å². The van der Waals surface area contributed by atoms with Crippen molar-refractivity contribution >= 4 is 55.0 Å².